The van der Waals surface area contributed by atoms with Crippen LogP contribution >= 0.6 is 0 Å². The molecule has 0 radical (unpaired) electrons. The number of ether oxygens (including phenoxy) is 2. The first-order chi connectivity index (χ1) is 24.4. The average Bonchev–Trinajstić information content (AvgIpc) is 3.94. The largest absolute Gasteiger partial charge is 0.466 e. The van der Waals surface area contributed by atoms with Gasteiger partial charge in [-0.1, -0.05) is 69.6 Å². The third kappa shape index (κ3) is 7.21. The van der Waals surface area contributed by atoms with E-state index >= 15 is 0 Å². The Labute approximate surface area is 284 Å². The van der Waals surface area contributed by atoms with Crippen molar-refractivity contribution in [2.45, 2.75) is 20.3 Å². The van der Waals surface area contributed by atoms with E-state index < -0.39 is 5.97 Å². The Morgan fingerprint density at radius 3 is 1.54 bits per heavy atom. The van der Waals surface area contributed by atoms with Crippen LogP contribution in [0.15, 0.2) is 111 Å². The van der Waals surface area contributed by atoms with Crippen LogP contribution in [0.25, 0.3) is 68.5 Å². The molecule has 248 valence electrons. The number of aryl methyl sites for hydroxylation is 1. The first kappa shape index (κ1) is 31.8. The maximum atomic E-state index is 12.5. The quantitative estimate of drug-likeness (QED) is 0.0998. The number of rotatable bonds is 11. The zero-order chi connectivity index (χ0) is 34.5. The highest BCUT2D eigenvalue weighted by molar-refractivity contribution is 5.90. The maximum Gasteiger partial charge on any atom is 0.338 e. The highest BCUT2D eigenvalue weighted by Gasteiger charge is 2.18. The molecular weight excluding hydrogens is 640 g/mol. The minimum absolute atomic E-state index is 0.114. The van der Waals surface area contributed by atoms with Crippen LogP contribution < -0.4 is 0 Å². The number of nitrogens with zero attached hydrogens (tertiary/aromatic N) is 6. The van der Waals surface area contributed by atoms with Gasteiger partial charge < -0.3 is 23.0 Å². The molecular formula is C37H28N6O7. The van der Waals surface area contributed by atoms with Gasteiger partial charge in [0.05, 0.1) is 18.8 Å². The van der Waals surface area contributed by atoms with Gasteiger partial charge in [-0.05, 0) is 55.5 Å². The van der Waals surface area contributed by atoms with Crippen LogP contribution in [0.3, 0.4) is 0 Å². The predicted octanol–water partition coefficient (Wildman–Crippen LogP) is 7.26. The average molecular weight is 669 g/mol. The Bertz CT molecular complexity index is 2310. The fourth-order valence-electron chi connectivity index (χ4n) is 5.04. The van der Waals surface area contributed by atoms with Gasteiger partial charge in [0.15, 0.2) is 0 Å². The Kier molecular flexibility index (Phi) is 9.01. The van der Waals surface area contributed by atoms with Crippen LogP contribution in [0.4, 0.5) is 0 Å². The lowest BCUT2D eigenvalue weighted by atomic mass is 10.1. The molecule has 3 aromatic heterocycles. The number of hydrogen-bond acceptors (Lipinski definition) is 13. The number of aromatic nitrogens is 6. The summed E-state index contributed by atoms with van der Waals surface area (Å²) in [7, 11) is 0. The van der Waals surface area contributed by atoms with Gasteiger partial charge in [0.25, 0.3) is 17.7 Å². The lowest BCUT2D eigenvalue weighted by molar-refractivity contribution is -0.141. The Morgan fingerprint density at radius 2 is 1.00 bits per heavy atom. The van der Waals surface area contributed by atoms with Crippen molar-refractivity contribution in [3.05, 3.63) is 108 Å². The molecule has 7 aromatic rings. The molecule has 7 rings (SSSR count). The molecule has 13 heteroatoms. The second kappa shape index (κ2) is 14.2. The summed E-state index contributed by atoms with van der Waals surface area (Å²) in [6.45, 7) is 3.62. The number of benzene rings is 4. The molecule has 0 unspecified atom stereocenters. The maximum absolute atomic E-state index is 12.5. The summed E-state index contributed by atoms with van der Waals surface area (Å²) in [5, 5.41) is 12.5. The summed E-state index contributed by atoms with van der Waals surface area (Å²) in [6, 6.07) is 29.4. The van der Waals surface area contributed by atoms with E-state index in [2.05, 4.69) is 30.4 Å². The number of esters is 2. The summed E-state index contributed by atoms with van der Waals surface area (Å²) in [6.07, 6.45) is 0.397. The van der Waals surface area contributed by atoms with E-state index in [1.807, 2.05) is 73.7 Å². The number of carbonyl (C=O) groups is 2. The molecule has 50 heavy (non-hydrogen) atoms. The highest BCUT2D eigenvalue weighted by Crippen LogP contribution is 2.30. The van der Waals surface area contributed by atoms with E-state index in [9.17, 15) is 9.59 Å². The third-order valence-corrected chi connectivity index (χ3v) is 7.46. The minimum Gasteiger partial charge on any atom is -0.466 e. The van der Waals surface area contributed by atoms with Crippen molar-refractivity contribution in [2.24, 2.45) is 0 Å². The molecule has 4 aromatic carbocycles. The van der Waals surface area contributed by atoms with Gasteiger partial charge in [0.2, 0.25) is 17.5 Å². The van der Waals surface area contributed by atoms with Gasteiger partial charge in [0.1, 0.15) is 0 Å². The molecule has 0 atom stereocenters. The molecule has 0 saturated heterocycles. The summed E-state index contributed by atoms with van der Waals surface area (Å²) in [5.74, 6) is 1.22. The van der Waals surface area contributed by atoms with Gasteiger partial charge in [-0.25, -0.2) is 4.79 Å². The molecule has 13 nitrogen and oxygen atoms in total. The van der Waals surface area contributed by atoms with E-state index in [0.29, 0.717) is 63.5 Å². The molecule has 0 amide bonds. The molecule has 0 spiro atoms. The lowest BCUT2D eigenvalue weighted by Gasteiger charge is -2.05. The van der Waals surface area contributed by atoms with Crippen LogP contribution in [0, 0.1) is 6.92 Å². The minimum atomic E-state index is -0.515. The smallest absolute Gasteiger partial charge is 0.338 e. The first-order valence-electron chi connectivity index (χ1n) is 15.6. The van der Waals surface area contributed by atoms with E-state index in [4.69, 9.17) is 23.0 Å². The standard InChI is InChI=1S/C37H28N6O7/c1-22-8-3-12-27(18-22)34-38-31(41-48-34)24-9-4-10-25(19-24)32-39-35(49-42-32)28-13-6-14-29(21-28)36-40-33(43-50-36)26-11-5-15-30(20-26)37(45)47-17-7-16-46-23(2)44/h3-6,8-15,18-21H,7,16-17H2,1-2H3. The fourth-order valence-corrected chi connectivity index (χ4v) is 5.04. The van der Waals surface area contributed by atoms with Gasteiger partial charge in [-0.15, -0.1) is 0 Å². The Hall–Kier alpha value is -6.76. The van der Waals surface area contributed by atoms with Crippen molar-refractivity contribution in [1.29, 1.82) is 0 Å². The van der Waals surface area contributed by atoms with Gasteiger partial charge in [-0.2, -0.15) is 15.0 Å². The van der Waals surface area contributed by atoms with Crippen LogP contribution in [0.2, 0.25) is 0 Å². The van der Waals surface area contributed by atoms with Crippen LogP contribution in [-0.2, 0) is 14.3 Å². The van der Waals surface area contributed by atoms with Gasteiger partial charge in [-0.3, -0.25) is 4.79 Å². The van der Waals surface area contributed by atoms with Crippen molar-refractivity contribution in [1.82, 2.24) is 30.4 Å². The van der Waals surface area contributed by atoms with Gasteiger partial charge >= 0.3 is 11.9 Å². The fraction of sp³-hybridized carbons (Fsp3) is 0.135. The van der Waals surface area contributed by atoms with Crippen LogP contribution in [0.5, 0.6) is 0 Å². The molecule has 0 aliphatic rings. The zero-order valence-electron chi connectivity index (χ0n) is 26.9. The van der Waals surface area contributed by atoms with E-state index in [0.717, 1.165) is 16.7 Å². The molecule has 0 saturated carbocycles. The Morgan fingerprint density at radius 1 is 0.560 bits per heavy atom. The number of hydrogen-bond donors (Lipinski definition) is 0. The number of carbonyl (C=O) groups excluding carboxylic acids is 2. The normalized spacial score (nSPS) is 11.0. The highest BCUT2D eigenvalue weighted by atomic mass is 16.5. The van der Waals surface area contributed by atoms with Crippen molar-refractivity contribution in [2.75, 3.05) is 13.2 Å². The van der Waals surface area contributed by atoms with E-state index in [1.54, 1.807) is 30.3 Å². The third-order valence-electron chi connectivity index (χ3n) is 7.46. The monoisotopic (exact) mass is 668 g/mol. The lowest BCUT2D eigenvalue weighted by Crippen LogP contribution is -2.09. The first-order valence-corrected chi connectivity index (χ1v) is 15.6. The Balaban J connectivity index is 1.05. The zero-order valence-corrected chi connectivity index (χ0v) is 26.9. The molecule has 3 heterocycles. The molecule has 0 N–H and O–H groups in total. The molecule has 0 bridgehead atoms. The summed E-state index contributed by atoms with van der Waals surface area (Å²) in [4.78, 5) is 37.2. The van der Waals surface area contributed by atoms with Gasteiger partial charge in [0, 0.05) is 46.7 Å². The van der Waals surface area contributed by atoms with Crippen LogP contribution in [-0.4, -0.2) is 55.6 Å². The predicted molar refractivity (Wildman–Crippen MR) is 179 cm³/mol. The molecule has 0 fully saturated rings. The SMILES string of the molecule is CC(=O)OCCCOC(=O)c1cccc(-c2noc(-c3cccc(-c4nc(-c5cccc(-c6noc(-c7cccc(C)c7)n6)c5)no4)c3)n2)c1. The van der Waals surface area contributed by atoms with E-state index in [1.165, 1.54) is 6.92 Å². The second-order valence-electron chi connectivity index (χ2n) is 11.2. The topological polar surface area (TPSA) is 169 Å². The molecule has 0 aliphatic carbocycles. The van der Waals surface area contributed by atoms with Crippen molar-refractivity contribution < 1.29 is 32.6 Å². The summed E-state index contributed by atoms with van der Waals surface area (Å²) in [5.41, 5.74) is 5.57. The summed E-state index contributed by atoms with van der Waals surface area (Å²) >= 11 is 0. The van der Waals surface area contributed by atoms with Crippen molar-refractivity contribution in [3.63, 3.8) is 0 Å². The summed E-state index contributed by atoms with van der Waals surface area (Å²) < 4.78 is 26.9. The van der Waals surface area contributed by atoms with Crippen molar-refractivity contribution >= 4 is 11.9 Å². The van der Waals surface area contributed by atoms with E-state index in [-0.39, 0.29) is 25.1 Å². The molecule has 0 aliphatic heterocycles. The van der Waals surface area contributed by atoms with Crippen LogP contribution in [0.1, 0.15) is 29.3 Å². The second-order valence-corrected chi connectivity index (χ2v) is 11.2. The van der Waals surface area contributed by atoms with Crippen molar-refractivity contribution in [3.8, 4) is 68.5 Å².